The maximum absolute atomic E-state index is 13.9. The molecule has 0 bridgehead atoms. The molecular weight excluding hydrogens is 452 g/mol. The van der Waals surface area contributed by atoms with Crippen molar-refractivity contribution in [3.05, 3.63) is 83.8 Å². The molecular formula is C26H21F2N5O2. The number of fused-ring (bicyclic) bond motifs is 2. The Balaban J connectivity index is 1.42. The second-order valence-electron chi connectivity index (χ2n) is 8.71. The van der Waals surface area contributed by atoms with Crippen LogP contribution in [0, 0.1) is 0 Å². The average Bonchev–Trinajstić information content (AvgIpc) is 3.68. The van der Waals surface area contributed by atoms with Crippen molar-refractivity contribution in [3.8, 4) is 5.75 Å². The molecule has 2 aromatic heterocycles. The molecule has 35 heavy (non-hydrogen) atoms. The lowest BCUT2D eigenvalue weighted by Crippen LogP contribution is -2.40. The summed E-state index contributed by atoms with van der Waals surface area (Å²) in [4.78, 5) is 29.2. The van der Waals surface area contributed by atoms with Gasteiger partial charge in [-0.1, -0.05) is 18.2 Å². The highest BCUT2D eigenvalue weighted by atomic mass is 19.3. The average molecular weight is 473 g/mol. The topological polar surface area (TPSA) is 80.2 Å². The van der Waals surface area contributed by atoms with Crippen LogP contribution in [0.1, 0.15) is 35.6 Å². The predicted octanol–water partition coefficient (Wildman–Crippen LogP) is 4.88. The van der Waals surface area contributed by atoms with Gasteiger partial charge in [-0.05, 0) is 54.8 Å². The fourth-order valence-electron chi connectivity index (χ4n) is 4.38. The van der Waals surface area contributed by atoms with E-state index in [9.17, 15) is 13.6 Å². The van der Waals surface area contributed by atoms with Crippen LogP contribution in [0.3, 0.4) is 0 Å². The number of amides is 1. The first kappa shape index (κ1) is 21.4. The summed E-state index contributed by atoms with van der Waals surface area (Å²) in [6.45, 7) is -2.59. The molecule has 2 aromatic carbocycles. The minimum Gasteiger partial charge on any atom is -0.435 e. The molecule has 1 N–H and O–H groups in total. The highest BCUT2D eigenvalue weighted by Crippen LogP contribution is 2.37. The number of carbonyl (C=O) groups is 1. The number of anilines is 2. The van der Waals surface area contributed by atoms with Gasteiger partial charge in [-0.15, -0.1) is 0 Å². The van der Waals surface area contributed by atoms with Crippen molar-refractivity contribution in [1.82, 2.24) is 15.0 Å². The molecule has 1 saturated carbocycles. The monoisotopic (exact) mass is 473 g/mol. The Morgan fingerprint density at radius 3 is 2.66 bits per heavy atom. The molecule has 3 heterocycles. The Bertz CT molecular complexity index is 1410. The van der Waals surface area contributed by atoms with Crippen LogP contribution < -0.4 is 15.0 Å². The second kappa shape index (κ2) is 8.57. The molecule has 1 aliphatic carbocycles. The van der Waals surface area contributed by atoms with E-state index < -0.39 is 12.5 Å². The number of hydrogen-bond acceptors (Lipinski definition) is 6. The highest BCUT2D eigenvalue weighted by Gasteiger charge is 2.37. The number of nitrogens with zero attached hydrogens (tertiary/aromatic N) is 4. The standard InChI is InChI=1S/C26H21F2N5O2/c27-25(28)35-20-8-3-15(4-9-20)22-23-17(13-30-26(32-23)31-18-5-6-18)14-33(24(22)34)19-7-10-21-16(12-19)2-1-11-29-21/h1-4,7-13,18,22,25H,5-6,14H2,(H,30,31,32). The van der Waals surface area contributed by atoms with Crippen LogP contribution in [0.4, 0.5) is 20.4 Å². The van der Waals surface area contributed by atoms with Crippen LogP contribution >= 0.6 is 0 Å². The molecule has 1 aliphatic heterocycles. The van der Waals surface area contributed by atoms with E-state index in [1.807, 2.05) is 30.3 Å². The third-order valence-corrected chi connectivity index (χ3v) is 6.26. The molecule has 1 fully saturated rings. The van der Waals surface area contributed by atoms with Crippen LogP contribution in [0.15, 0.2) is 67.0 Å². The quantitative estimate of drug-likeness (QED) is 0.430. The van der Waals surface area contributed by atoms with Crippen molar-refractivity contribution in [3.63, 3.8) is 0 Å². The number of aromatic nitrogens is 3. The lowest BCUT2D eigenvalue weighted by molar-refractivity contribution is -0.119. The molecule has 0 saturated heterocycles. The van der Waals surface area contributed by atoms with E-state index in [0.717, 1.165) is 35.0 Å². The fraction of sp³-hybridized carbons (Fsp3) is 0.231. The fourth-order valence-corrected chi connectivity index (χ4v) is 4.38. The molecule has 1 atom stereocenters. The van der Waals surface area contributed by atoms with Crippen molar-refractivity contribution in [1.29, 1.82) is 0 Å². The zero-order valence-electron chi connectivity index (χ0n) is 18.6. The first-order chi connectivity index (χ1) is 17.0. The Hall–Kier alpha value is -4.14. The number of pyridine rings is 1. The maximum Gasteiger partial charge on any atom is 0.387 e. The predicted molar refractivity (Wildman–Crippen MR) is 127 cm³/mol. The van der Waals surface area contributed by atoms with Crippen molar-refractivity contribution < 1.29 is 18.3 Å². The Morgan fingerprint density at radius 1 is 1.06 bits per heavy atom. The number of hydrogen-bond donors (Lipinski definition) is 1. The van der Waals surface area contributed by atoms with Crippen LogP contribution in [0.5, 0.6) is 5.75 Å². The lowest BCUT2D eigenvalue weighted by atomic mass is 9.88. The van der Waals surface area contributed by atoms with E-state index in [-0.39, 0.29) is 11.7 Å². The smallest absolute Gasteiger partial charge is 0.387 e. The van der Waals surface area contributed by atoms with Gasteiger partial charge in [0.15, 0.2) is 0 Å². The van der Waals surface area contributed by atoms with E-state index >= 15 is 0 Å². The minimum absolute atomic E-state index is 0.0323. The number of ether oxygens (including phenoxy) is 1. The first-order valence-corrected chi connectivity index (χ1v) is 11.4. The van der Waals surface area contributed by atoms with E-state index in [4.69, 9.17) is 4.98 Å². The molecule has 1 amide bonds. The van der Waals surface area contributed by atoms with Crippen LogP contribution in [-0.2, 0) is 11.3 Å². The summed E-state index contributed by atoms with van der Waals surface area (Å²) in [6.07, 6.45) is 5.63. The molecule has 9 heteroatoms. The number of alkyl halides is 2. The van der Waals surface area contributed by atoms with Gasteiger partial charge in [0.2, 0.25) is 11.9 Å². The Kier molecular flexibility index (Phi) is 5.24. The summed E-state index contributed by atoms with van der Waals surface area (Å²) in [5, 5.41) is 4.21. The van der Waals surface area contributed by atoms with Gasteiger partial charge in [0.1, 0.15) is 11.7 Å². The van der Waals surface area contributed by atoms with E-state index in [0.29, 0.717) is 29.8 Å². The van der Waals surface area contributed by atoms with Crippen LogP contribution in [0.25, 0.3) is 10.9 Å². The Labute approximate surface area is 199 Å². The zero-order chi connectivity index (χ0) is 23.9. The van der Waals surface area contributed by atoms with Gasteiger partial charge in [0.25, 0.3) is 0 Å². The van der Waals surface area contributed by atoms with Gasteiger partial charge < -0.3 is 15.0 Å². The van der Waals surface area contributed by atoms with E-state index in [2.05, 4.69) is 20.0 Å². The van der Waals surface area contributed by atoms with Gasteiger partial charge in [0, 0.05) is 35.1 Å². The SMILES string of the molecule is O=C1C(c2ccc(OC(F)F)cc2)c2nc(NC3CC3)ncc2CN1c1ccc2ncccc2c1. The summed E-state index contributed by atoms with van der Waals surface area (Å²) >= 11 is 0. The summed E-state index contributed by atoms with van der Waals surface area (Å²) < 4.78 is 29.7. The van der Waals surface area contributed by atoms with Crippen molar-refractivity contribution in [2.24, 2.45) is 0 Å². The number of carbonyl (C=O) groups excluding carboxylic acids is 1. The zero-order valence-corrected chi connectivity index (χ0v) is 18.6. The van der Waals surface area contributed by atoms with Crippen molar-refractivity contribution in [2.75, 3.05) is 10.2 Å². The normalized spacial score (nSPS) is 17.5. The van der Waals surface area contributed by atoms with Crippen LogP contribution in [0.2, 0.25) is 0 Å². The van der Waals surface area contributed by atoms with Gasteiger partial charge in [0.05, 0.1) is 17.8 Å². The second-order valence-corrected chi connectivity index (χ2v) is 8.71. The highest BCUT2D eigenvalue weighted by molar-refractivity contribution is 6.02. The lowest BCUT2D eigenvalue weighted by Gasteiger charge is -2.34. The molecule has 0 radical (unpaired) electrons. The van der Waals surface area contributed by atoms with E-state index in [1.165, 1.54) is 12.1 Å². The van der Waals surface area contributed by atoms with E-state index in [1.54, 1.807) is 29.4 Å². The largest absolute Gasteiger partial charge is 0.435 e. The number of benzene rings is 2. The molecule has 0 spiro atoms. The molecule has 7 nitrogen and oxygen atoms in total. The van der Waals surface area contributed by atoms with Gasteiger partial charge in [-0.25, -0.2) is 9.97 Å². The van der Waals surface area contributed by atoms with Crippen molar-refractivity contribution in [2.45, 2.75) is 38.0 Å². The third-order valence-electron chi connectivity index (χ3n) is 6.26. The van der Waals surface area contributed by atoms with Crippen LogP contribution in [-0.4, -0.2) is 33.5 Å². The maximum atomic E-state index is 13.9. The third kappa shape index (κ3) is 4.25. The molecule has 6 rings (SSSR count). The molecule has 2 aliphatic rings. The number of halogens is 2. The van der Waals surface area contributed by atoms with Gasteiger partial charge in [-0.3, -0.25) is 9.78 Å². The minimum atomic E-state index is -2.92. The van der Waals surface area contributed by atoms with Gasteiger partial charge in [-0.2, -0.15) is 8.78 Å². The summed E-state index contributed by atoms with van der Waals surface area (Å²) in [5.74, 6) is -0.345. The number of rotatable bonds is 6. The Morgan fingerprint density at radius 2 is 1.89 bits per heavy atom. The number of nitrogens with one attached hydrogen (secondary N) is 1. The summed E-state index contributed by atoms with van der Waals surface area (Å²) in [6, 6.07) is 16.0. The molecule has 176 valence electrons. The first-order valence-electron chi connectivity index (χ1n) is 11.4. The summed E-state index contributed by atoms with van der Waals surface area (Å²) in [5.41, 5.74) is 3.67. The summed E-state index contributed by atoms with van der Waals surface area (Å²) in [7, 11) is 0. The molecule has 1 unspecified atom stereocenters. The van der Waals surface area contributed by atoms with Crippen molar-refractivity contribution >= 4 is 28.4 Å². The molecule has 4 aromatic rings. The van der Waals surface area contributed by atoms with Gasteiger partial charge >= 0.3 is 6.61 Å².